The molecule has 0 aromatic heterocycles. The van der Waals surface area contributed by atoms with Gasteiger partial charge in [0.2, 0.25) is 0 Å². The first-order valence-corrected chi connectivity index (χ1v) is 6.17. The number of hydroxylamine groups is 1. The van der Waals surface area contributed by atoms with E-state index in [2.05, 4.69) is 24.5 Å². The second kappa shape index (κ2) is 5.46. The van der Waals surface area contributed by atoms with Gasteiger partial charge in [-0.25, -0.2) is 5.48 Å². The Morgan fingerprint density at radius 1 is 1.19 bits per heavy atom. The third-order valence-corrected chi connectivity index (χ3v) is 3.49. The fourth-order valence-electron chi connectivity index (χ4n) is 2.34. The summed E-state index contributed by atoms with van der Waals surface area (Å²) in [5.41, 5.74) is 4.79. The lowest BCUT2D eigenvalue weighted by molar-refractivity contribution is 0.00738. The highest BCUT2D eigenvalue weighted by molar-refractivity contribution is 5.13. The van der Waals surface area contributed by atoms with Gasteiger partial charge in [0, 0.05) is 6.54 Å². The van der Waals surface area contributed by atoms with Gasteiger partial charge in [0.05, 0.1) is 6.61 Å². The molecule has 2 nitrogen and oxygen atoms in total. The van der Waals surface area contributed by atoms with Gasteiger partial charge in [-0.15, -0.1) is 0 Å². The van der Waals surface area contributed by atoms with Gasteiger partial charge in [-0.1, -0.05) is 50.1 Å². The molecule has 0 heterocycles. The van der Waals surface area contributed by atoms with E-state index in [9.17, 15) is 0 Å². The van der Waals surface area contributed by atoms with Crippen LogP contribution in [0.3, 0.4) is 0 Å². The van der Waals surface area contributed by atoms with Gasteiger partial charge in [0.25, 0.3) is 0 Å². The Kier molecular flexibility index (Phi) is 3.97. The van der Waals surface area contributed by atoms with E-state index in [1.165, 1.54) is 31.2 Å². The van der Waals surface area contributed by atoms with Crippen LogP contribution in [0.15, 0.2) is 30.3 Å². The van der Waals surface area contributed by atoms with Crippen LogP contribution in [0.1, 0.15) is 38.2 Å². The quantitative estimate of drug-likeness (QED) is 0.606. The molecular weight excluding hydrogens is 198 g/mol. The SMILES string of the molecule is CC1(CNOCc2ccccc2)CCCC1. The molecule has 0 bridgehead atoms. The van der Waals surface area contributed by atoms with Crippen molar-refractivity contribution in [2.45, 2.75) is 39.2 Å². The molecule has 2 rings (SSSR count). The van der Waals surface area contributed by atoms with Crippen LogP contribution in [0.2, 0.25) is 0 Å². The summed E-state index contributed by atoms with van der Waals surface area (Å²) in [4.78, 5) is 5.50. The van der Waals surface area contributed by atoms with Gasteiger partial charge in [0.15, 0.2) is 0 Å². The van der Waals surface area contributed by atoms with Gasteiger partial charge in [-0.2, -0.15) is 0 Å². The van der Waals surface area contributed by atoms with Crippen LogP contribution in [0.25, 0.3) is 0 Å². The first-order chi connectivity index (χ1) is 7.79. The van der Waals surface area contributed by atoms with Gasteiger partial charge in [-0.3, -0.25) is 4.84 Å². The maximum absolute atomic E-state index is 5.50. The lowest BCUT2D eigenvalue weighted by Crippen LogP contribution is -2.29. The van der Waals surface area contributed by atoms with Crippen LogP contribution < -0.4 is 5.48 Å². The lowest BCUT2D eigenvalue weighted by Gasteiger charge is -2.23. The molecule has 0 radical (unpaired) electrons. The summed E-state index contributed by atoms with van der Waals surface area (Å²) >= 11 is 0. The van der Waals surface area contributed by atoms with Crippen LogP contribution >= 0.6 is 0 Å². The number of rotatable bonds is 5. The summed E-state index contributed by atoms with van der Waals surface area (Å²) < 4.78 is 0. The molecule has 0 spiro atoms. The summed E-state index contributed by atoms with van der Waals surface area (Å²) in [6.07, 6.45) is 5.40. The average molecular weight is 219 g/mol. The Bertz CT molecular complexity index is 304. The van der Waals surface area contributed by atoms with Crippen molar-refractivity contribution in [2.75, 3.05) is 6.54 Å². The summed E-state index contributed by atoms with van der Waals surface area (Å²) in [5.74, 6) is 0. The maximum Gasteiger partial charge on any atom is 0.0933 e. The second-order valence-corrected chi connectivity index (χ2v) is 5.11. The number of hydrogen-bond donors (Lipinski definition) is 1. The Hall–Kier alpha value is -0.860. The minimum absolute atomic E-state index is 0.455. The molecule has 1 aromatic carbocycles. The van der Waals surface area contributed by atoms with Crippen LogP contribution in [0, 0.1) is 5.41 Å². The van der Waals surface area contributed by atoms with E-state index in [0.717, 1.165) is 6.54 Å². The molecule has 1 fully saturated rings. The standard InChI is InChI=1S/C14H21NO/c1-14(9-5-6-10-14)12-15-16-11-13-7-3-2-4-8-13/h2-4,7-8,15H,5-6,9-12H2,1H3. The van der Waals surface area contributed by atoms with Gasteiger partial charge in [-0.05, 0) is 23.8 Å². The number of hydrogen-bond acceptors (Lipinski definition) is 2. The highest BCUT2D eigenvalue weighted by atomic mass is 16.6. The van der Waals surface area contributed by atoms with Crippen molar-refractivity contribution < 1.29 is 4.84 Å². The van der Waals surface area contributed by atoms with Crippen molar-refractivity contribution in [3.63, 3.8) is 0 Å². The zero-order chi connectivity index (χ0) is 11.3. The first kappa shape index (κ1) is 11.6. The molecule has 1 aromatic rings. The third-order valence-electron chi connectivity index (χ3n) is 3.49. The molecule has 1 aliphatic carbocycles. The Morgan fingerprint density at radius 3 is 2.56 bits per heavy atom. The third kappa shape index (κ3) is 3.32. The zero-order valence-electron chi connectivity index (χ0n) is 10.0. The normalized spacial score (nSPS) is 18.8. The van der Waals surface area contributed by atoms with Crippen LogP contribution in [-0.2, 0) is 11.4 Å². The van der Waals surface area contributed by atoms with Crippen molar-refractivity contribution in [3.05, 3.63) is 35.9 Å². The smallest absolute Gasteiger partial charge is 0.0933 e. The number of benzene rings is 1. The van der Waals surface area contributed by atoms with Crippen LogP contribution in [0.4, 0.5) is 0 Å². The van der Waals surface area contributed by atoms with E-state index in [1.807, 2.05) is 18.2 Å². The van der Waals surface area contributed by atoms with E-state index < -0.39 is 0 Å². The predicted octanol–water partition coefficient (Wildman–Crippen LogP) is 3.29. The van der Waals surface area contributed by atoms with Gasteiger partial charge < -0.3 is 0 Å². The summed E-state index contributed by atoms with van der Waals surface area (Å²) in [7, 11) is 0. The fraction of sp³-hybridized carbons (Fsp3) is 0.571. The molecule has 0 saturated heterocycles. The van der Waals surface area contributed by atoms with Gasteiger partial charge in [0.1, 0.15) is 0 Å². The highest BCUT2D eigenvalue weighted by Gasteiger charge is 2.28. The molecule has 0 amide bonds. The lowest BCUT2D eigenvalue weighted by atomic mass is 9.89. The molecule has 0 aliphatic heterocycles. The average Bonchev–Trinajstić information content (AvgIpc) is 2.74. The predicted molar refractivity (Wildman–Crippen MR) is 65.8 cm³/mol. The Morgan fingerprint density at radius 2 is 1.88 bits per heavy atom. The van der Waals surface area contributed by atoms with Crippen molar-refractivity contribution in [1.82, 2.24) is 5.48 Å². The van der Waals surface area contributed by atoms with Gasteiger partial charge >= 0.3 is 0 Å². The Labute approximate surface area is 98.0 Å². The molecule has 1 aliphatic rings. The summed E-state index contributed by atoms with van der Waals surface area (Å²) in [6.45, 7) is 3.97. The first-order valence-electron chi connectivity index (χ1n) is 6.17. The minimum atomic E-state index is 0.455. The van der Waals surface area contributed by atoms with E-state index in [4.69, 9.17) is 4.84 Å². The molecule has 16 heavy (non-hydrogen) atoms. The van der Waals surface area contributed by atoms with E-state index >= 15 is 0 Å². The van der Waals surface area contributed by atoms with Crippen molar-refractivity contribution in [1.29, 1.82) is 0 Å². The molecule has 88 valence electrons. The van der Waals surface area contributed by atoms with E-state index in [1.54, 1.807) is 0 Å². The molecule has 1 saturated carbocycles. The second-order valence-electron chi connectivity index (χ2n) is 5.11. The van der Waals surface area contributed by atoms with E-state index in [0.29, 0.717) is 12.0 Å². The van der Waals surface area contributed by atoms with Crippen molar-refractivity contribution >= 4 is 0 Å². The zero-order valence-corrected chi connectivity index (χ0v) is 10.0. The maximum atomic E-state index is 5.50. The van der Waals surface area contributed by atoms with Crippen LogP contribution in [-0.4, -0.2) is 6.54 Å². The molecule has 2 heteroatoms. The Balaban J connectivity index is 1.65. The van der Waals surface area contributed by atoms with Crippen molar-refractivity contribution in [3.8, 4) is 0 Å². The molecule has 0 unspecified atom stereocenters. The van der Waals surface area contributed by atoms with Crippen molar-refractivity contribution in [2.24, 2.45) is 5.41 Å². The highest BCUT2D eigenvalue weighted by Crippen LogP contribution is 2.36. The van der Waals surface area contributed by atoms with Crippen LogP contribution in [0.5, 0.6) is 0 Å². The van der Waals surface area contributed by atoms with E-state index in [-0.39, 0.29) is 0 Å². The molecular formula is C14H21NO. The largest absolute Gasteiger partial charge is 0.297 e. The monoisotopic (exact) mass is 219 g/mol. The summed E-state index contributed by atoms with van der Waals surface area (Å²) in [5, 5.41) is 0. The summed E-state index contributed by atoms with van der Waals surface area (Å²) in [6, 6.07) is 10.3. The molecule has 0 atom stereocenters. The molecule has 1 N–H and O–H groups in total. The number of nitrogens with one attached hydrogen (secondary N) is 1. The minimum Gasteiger partial charge on any atom is -0.297 e. The topological polar surface area (TPSA) is 21.3 Å². The fourth-order valence-corrected chi connectivity index (χ4v) is 2.34.